The average Bonchev–Trinajstić information content (AvgIpc) is 2.51. The molecule has 126 valence electrons. The van der Waals surface area contributed by atoms with Crippen LogP contribution in [0.15, 0.2) is 42.5 Å². The van der Waals surface area contributed by atoms with Crippen molar-refractivity contribution in [2.45, 2.75) is 25.3 Å². The molecule has 0 radical (unpaired) electrons. The number of fused-ring (bicyclic) bond motifs is 1. The number of nitrogens with one attached hydrogen (secondary N) is 1. The van der Waals surface area contributed by atoms with E-state index in [0.717, 1.165) is 19.0 Å². The molecule has 2 aliphatic rings. The largest absolute Gasteiger partial charge is 0.314 e. The van der Waals surface area contributed by atoms with E-state index >= 15 is 0 Å². The molecule has 1 saturated carbocycles. The van der Waals surface area contributed by atoms with Crippen molar-refractivity contribution in [2.75, 3.05) is 26.2 Å². The fourth-order valence-electron chi connectivity index (χ4n) is 3.89. The molecule has 0 spiro atoms. The van der Waals surface area contributed by atoms with Gasteiger partial charge < -0.3 is 5.32 Å². The van der Waals surface area contributed by atoms with E-state index in [1.165, 1.54) is 48.7 Å². The van der Waals surface area contributed by atoms with Gasteiger partial charge in [-0.2, -0.15) is 0 Å². The molecule has 0 unspecified atom stereocenters. The van der Waals surface area contributed by atoms with E-state index in [1.807, 2.05) is 0 Å². The zero-order valence-corrected chi connectivity index (χ0v) is 15.0. The predicted octanol–water partition coefficient (Wildman–Crippen LogP) is 4.43. The predicted molar refractivity (Wildman–Crippen MR) is 103 cm³/mol. The van der Waals surface area contributed by atoms with Crippen LogP contribution in [0, 0.1) is 5.92 Å². The Morgan fingerprint density at radius 1 is 0.913 bits per heavy atom. The Morgan fingerprint density at radius 2 is 1.61 bits per heavy atom. The van der Waals surface area contributed by atoms with Gasteiger partial charge in [-0.25, -0.2) is 0 Å². The molecule has 1 atom stereocenters. The third-order valence-electron chi connectivity index (χ3n) is 5.26. The summed E-state index contributed by atoms with van der Waals surface area (Å²) < 4.78 is 0. The molecule has 1 N–H and O–H groups in total. The molecule has 1 saturated heterocycles. The number of hydrogen-bond acceptors (Lipinski definition) is 2. The minimum absolute atomic E-state index is 0. The molecular weight excluding hydrogens is 327 g/mol. The highest BCUT2D eigenvalue weighted by Crippen LogP contribution is 2.42. The van der Waals surface area contributed by atoms with E-state index in [2.05, 4.69) is 52.7 Å². The molecule has 1 heterocycles. The van der Waals surface area contributed by atoms with Crippen molar-refractivity contribution in [3.63, 3.8) is 0 Å². The van der Waals surface area contributed by atoms with Gasteiger partial charge >= 0.3 is 0 Å². The number of rotatable bonds is 3. The second-order valence-corrected chi connectivity index (χ2v) is 6.53. The van der Waals surface area contributed by atoms with Gasteiger partial charge in [0.05, 0.1) is 0 Å². The summed E-state index contributed by atoms with van der Waals surface area (Å²) in [7, 11) is 0. The van der Waals surface area contributed by atoms with Gasteiger partial charge in [-0.3, -0.25) is 4.90 Å². The van der Waals surface area contributed by atoms with E-state index in [4.69, 9.17) is 0 Å². The lowest BCUT2D eigenvalue weighted by atomic mass is 9.76. The standard InChI is InChI=1S/C19H24N2.2ClH/c1-2-5-17-14-18(9-8-15(17)4-1)19(16-6-3-7-16)21-12-10-20-11-13-21;;/h1-2,4-5,8-9,14,16,19-20H,3,6-7,10-13H2;2*1H/t19-;;/m1../s1. The van der Waals surface area contributed by atoms with Gasteiger partial charge in [0.25, 0.3) is 0 Å². The Labute approximate surface area is 151 Å². The van der Waals surface area contributed by atoms with Gasteiger partial charge in [0.15, 0.2) is 0 Å². The van der Waals surface area contributed by atoms with Crippen LogP contribution in [0.5, 0.6) is 0 Å². The van der Waals surface area contributed by atoms with Crippen LogP contribution >= 0.6 is 24.8 Å². The molecule has 4 heteroatoms. The molecule has 0 bridgehead atoms. The first-order chi connectivity index (χ1) is 10.4. The minimum atomic E-state index is 0. The highest BCUT2D eigenvalue weighted by molar-refractivity contribution is 5.85. The summed E-state index contributed by atoms with van der Waals surface area (Å²) in [5, 5.41) is 6.22. The maximum atomic E-state index is 3.48. The Morgan fingerprint density at radius 3 is 2.26 bits per heavy atom. The van der Waals surface area contributed by atoms with Crippen LogP contribution in [0.3, 0.4) is 0 Å². The van der Waals surface area contributed by atoms with Crippen LogP contribution in [-0.4, -0.2) is 31.1 Å². The van der Waals surface area contributed by atoms with Gasteiger partial charge in [-0.1, -0.05) is 42.8 Å². The SMILES string of the molecule is Cl.Cl.c1ccc2cc([C@@H](C3CCC3)N3CCNCC3)ccc2c1. The monoisotopic (exact) mass is 352 g/mol. The normalized spacial score (nSPS) is 20.2. The lowest BCUT2D eigenvalue weighted by Crippen LogP contribution is -2.47. The maximum absolute atomic E-state index is 3.48. The second-order valence-electron chi connectivity index (χ2n) is 6.53. The van der Waals surface area contributed by atoms with Gasteiger partial charge in [0.2, 0.25) is 0 Å². The Bertz CT molecular complexity index is 622. The van der Waals surface area contributed by atoms with E-state index in [-0.39, 0.29) is 24.8 Å². The molecule has 4 rings (SSSR count). The van der Waals surface area contributed by atoms with Crippen LogP contribution in [0.25, 0.3) is 10.8 Å². The summed E-state index contributed by atoms with van der Waals surface area (Å²) in [4.78, 5) is 2.71. The number of nitrogens with zero attached hydrogens (tertiary/aromatic N) is 1. The van der Waals surface area contributed by atoms with Crippen LogP contribution < -0.4 is 5.32 Å². The molecule has 2 nitrogen and oxygen atoms in total. The highest BCUT2D eigenvalue weighted by Gasteiger charge is 2.33. The van der Waals surface area contributed by atoms with E-state index in [0.29, 0.717) is 6.04 Å². The Balaban J connectivity index is 0.000000960. The third kappa shape index (κ3) is 3.83. The summed E-state index contributed by atoms with van der Waals surface area (Å²) in [6.07, 6.45) is 4.23. The lowest BCUT2D eigenvalue weighted by molar-refractivity contribution is 0.0838. The van der Waals surface area contributed by atoms with E-state index in [9.17, 15) is 0 Å². The molecule has 0 amide bonds. The first kappa shape index (κ1) is 18.5. The average molecular weight is 353 g/mol. The van der Waals surface area contributed by atoms with Crippen molar-refractivity contribution in [3.8, 4) is 0 Å². The number of benzene rings is 2. The molecule has 2 aromatic rings. The van der Waals surface area contributed by atoms with Crippen molar-refractivity contribution in [1.82, 2.24) is 10.2 Å². The van der Waals surface area contributed by atoms with Crippen LogP contribution in [0.1, 0.15) is 30.9 Å². The Hall–Kier alpha value is -0.800. The van der Waals surface area contributed by atoms with E-state index in [1.54, 1.807) is 0 Å². The molecule has 0 aromatic heterocycles. The molecule has 2 fully saturated rings. The van der Waals surface area contributed by atoms with Gasteiger partial charge in [-0.05, 0) is 41.2 Å². The summed E-state index contributed by atoms with van der Waals surface area (Å²) >= 11 is 0. The molecule has 23 heavy (non-hydrogen) atoms. The number of piperazine rings is 1. The topological polar surface area (TPSA) is 15.3 Å². The summed E-state index contributed by atoms with van der Waals surface area (Å²) in [6, 6.07) is 16.5. The van der Waals surface area contributed by atoms with Crippen molar-refractivity contribution < 1.29 is 0 Å². The molecular formula is C19H26Cl2N2. The summed E-state index contributed by atoms with van der Waals surface area (Å²) in [5.41, 5.74) is 1.53. The van der Waals surface area contributed by atoms with Crippen LogP contribution in [0.2, 0.25) is 0 Å². The molecule has 1 aliphatic carbocycles. The van der Waals surface area contributed by atoms with Crippen LogP contribution in [-0.2, 0) is 0 Å². The summed E-state index contributed by atoms with van der Waals surface area (Å²) in [6.45, 7) is 4.65. The van der Waals surface area contributed by atoms with Crippen molar-refractivity contribution in [3.05, 3.63) is 48.0 Å². The first-order valence-corrected chi connectivity index (χ1v) is 8.35. The third-order valence-corrected chi connectivity index (χ3v) is 5.26. The fraction of sp³-hybridized carbons (Fsp3) is 0.474. The maximum Gasteiger partial charge on any atom is 0.0377 e. The smallest absolute Gasteiger partial charge is 0.0377 e. The fourth-order valence-corrected chi connectivity index (χ4v) is 3.89. The molecule has 1 aliphatic heterocycles. The van der Waals surface area contributed by atoms with Gasteiger partial charge in [0.1, 0.15) is 0 Å². The number of halogens is 2. The zero-order valence-electron chi connectivity index (χ0n) is 13.4. The first-order valence-electron chi connectivity index (χ1n) is 8.35. The van der Waals surface area contributed by atoms with Crippen molar-refractivity contribution in [2.24, 2.45) is 5.92 Å². The molecule has 2 aromatic carbocycles. The lowest BCUT2D eigenvalue weighted by Gasteiger charge is -2.43. The Kier molecular flexibility index (Phi) is 6.72. The quantitative estimate of drug-likeness (QED) is 0.878. The highest BCUT2D eigenvalue weighted by atomic mass is 35.5. The van der Waals surface area contributed by atoms with Gasteiger partial charge in [0, 0.05) is 32.2 Å². The number of hydrogen-bond donors (Lipinski definition) is 1. The van der Waals surface area contributed by atoms with Gasteiger partial charge in [-0.15, -0.1) is 24.8 Å². The summed E-state index contributed by atoms with van der Waals surface area (Å²) in [5.74, 6) is 0.865. The van der Waals surface area contributed by atoms with E-state index < -0.39 is 0 Å². The zero-order chi connectivity index (χ0) is 14.1. The second kappa shape index (κ2) is 8.34. The minimum Gasteiger partial charge on any atom is -0.314 e. The van der Waals surface area contributed by atoms with Crippen molar-refractivity contribution in [1.29, 1.82) is 0 Å². The van der Waals surface area contributed by atoms with Crippen molar-refractivity contribution >= 4 is 35.6 Å². The van der Waals surface area contributed by atoms with Crippen LogP contribution in [0.4, 0.5) is 0 Å².